The lowest BCUT2D eigenvalue weighted by molar-refractivity contribution is -0.139. The van der Waals surface area contributed by atoms with E-state index in [1.54, 1.807) is 0 Å². The molecule has 0 radical (unpaired) electrons. The topological polar surface area (TPSA) is 46.3 Å². The van der Waals surface area contributed by atoms with Gasteiger partial charge in [-0.15, -0.1) is 0 Å². The summed E-state index contributed by atoms with van der Waals surface area (Å²) in [4.78, 5) is 14.9. The Morgan fingerprint density at radius 3 is 2.50 bits per heavy atom. The van der Waals surface area contributed by atoms with Crippen molar-refractivity contribution in [1.82, 2.24) is 4.90 Å². The van der Waals surface area contributed by atoms with Crippen molar-refractivity contribution in [3.8, 4) is 0 Å². The maximum Gasteiger partial charge on any atom is 0.242 e. The highest BCUT2D eigenvalue weighted by Gasteiger charge is 2.45. The van der Waals surface area contributed by atoms with Gasteiger partial charge in [0.05, 0.1) is 5.54 Å². The Labute approximate surface area is 110 Å². The molecule has 0 aromatic carbocycles. The third-order valence-corrected chi connectivity index (χ3v) is 5.44. The number of carbonyl (C=O) groups is 1. The molecule has 1 amide bonds. The van der Waals surface area contributed by atoms with Crippen LogP contribution in [0.25, 0.3) is 0 Å². The second-order valence-corrected chi connectivity index (χ2v) is 6.62. The third-order valence-electron chi connectivity index (χ3n) is 5.44. The molecule has 0 spiro atoms. The molecule has 18 heavy (non-hydrogen) atoms. The molecule has 102 valence electrons. The van der Waals surface area contributed by atoms with Gasteiger partial charge in [-0.3, -0.25) is 4.79 Å². The smallest absolute Gasteiger partial charge is 0.242 e. The van der Waals surface area contributed by atoms with Gasteiger partial charge in [-0.1, -0.05) is 32.1 Å². The maximum absolute atomic E-state index is 12.8. The summed E-state index contributed by atoms with van der Waals surface area (Å²) in [6.45, 7) is 0.965. The summed E-state index contributed by atoms with van der Waals surface area (Å²) >= 11 is 0. The fourth-order valence-corrected chi connectivity index (χ4v) is 4.34. The summed E-state index contributed by atoms with van der Waals surface area (Å²) in [6, 6.07) is 0.522. The molecule has 1 saturated heterocycles. The minimum atomic E-state index is -0.523. The Balaban J connectivity index is 1.72. The number of hydrogen-bond donors (Lipinski definition) is 1. The Bertz CT molecular complexity index is 322. The van der Waals surface area contributed by atoms with E-state index >= 15 is 0 Å². The van der Waals surface area contributed by atoms with Crippen molar-refractivity contribution in [3.63, 3.8) is 0 Å². The van der Waals surface area contributed by atoms with E-state index in [-0.39, 0.29) is 5.91 Å². The zero-order chi connectivity index (χ0) is 12.6. The Morgan fingerprint density at radius 2 is 1.72 bits per heavy atom. The van der Waals surface area contributed by atoms with Crippen LogP contribution >= 0.6 is 0 Å². The van der Waals surface area contributed by atoms with E-state index in [9.17, 15) is 4.79 Å². The molecular weight excluding hydrogens is 224 g/mol. The highest BCUT2D eigenvalue weighted by Crippen LogP contribution is 2.38. The first kappa shape index (κ1) is 12.5. The largest absolute Gasteiger partial charge is 0.338 e. The first-order chi connectivity index (χ1) is 8.71. The molecule has 3 fully saturated rings. The molecule has 3 nitrogen and oxygen atoms in total. The van der Waals surface area contributed by atoms with Crippen LogP contribution in [0.5, 0.6) is 0 Å². The fraction of sp³-hybridized carbons (Fsp3) is 0.933. The molecule has 0 bridgehead atoms. The zero-order valence-corrected chi connectivity index (χ0v) is 11.4. The van der Waals surface area contributed by atoms with E-state index in [0.717, 1.165) is 38.1 Å². The third kappa shape index (κ3) is 2.07. The summed E-state index contributed by atoms with van der Waals surface area (Å²) in [6.07, 6.45) is 11.7. The number of carbonyl (C=O) groups excluding carboxylic acids is 1. The number of fused-ring (bicyclic) bond motifs is 1. The monoisotopic (exact) mass is 250 g/mol. The van der Waals surface area contributed by atoms with Gasteiger partial charge in [0.1, 0.15) is 0 Å². The number of nitrogens with two attached hydrogens (primary N) is 1. The van der Waals surface area contributed by atoms with Crippen LogP contribution in [-0.2, 0) is 4.79 Å². The van der Waals surface area contributed by atoms with Crippen molar-refractivity contribution in [3.05, 3.63) is 0 Å². The van der Waals surface area contributed by atoms with E-state index in [1.165, 1.54) is 38.5 Å². The quantitative estimate of drug-likeness (QED) is 0.777. The van der Waals surface area contributed by atoms with Crippen molar-refractivity contribution >= 4 is 5.91 Å². The summed E-state index contributed by atoms with van der Waals surface area (Å²) in [5, 5.41) is 0. The number of amides is 1. The Hall–Kier alpha value is -0.570. The second kappa shape index (κ2) is 4.84. The molecule has 2 aliphatic carbocycles. The predicted molar refractivity (Wildman–Crippen MR) is 72.1 cm³/mol. The molecule has 3 rings (SSSR count). The van der Waals surface area contributed by atoms with E-state index in [0.29, 0.717) is 6.04 Å². The lowest BCUT2D eigenvalue weighted by Crippen LogP contribution is -2.57. The maximum atomic E-state index is 12.8. The molecule has 2 saturated carbocycles. The van der Waals surface area contributed by atoms with Crippen molar-refractivity contribution in [2.45, 2.75) is 75.8 Å². The van der Waals surface area contributed by atoms with Gasteiger partial charge in [0.15, 0.2) is 0 Å². The lowest BCUT2D eigenvalue weighted by Gasteiger charge is -2.39. The van der Waals surface area contributed by atoms with Gasteiger partial charge in [0.25, 0.3) is 0 Å². The van der Waals surface area contributed by atoms with Gasteiger partial charge in [0, 0.05) is 12.6 Å². The van der Waals surface area contributed by atoms with E-state index in [2.05, 4.69) is 4.90 Å². The minimum absolute atomic E-state index is 0.275. The molecule has 3 aliphatic rings. The number of hydrogen-bond acceptors (Lipinski definition) is 2. The number of rotatable bonds is 1. The van der Waals surface area contributed by atoms with Gasteiger partial charge >= 0.3 is 0 Å². The highest BCUT2D eigenvalue weighted by atomic mass is 16.2. The average molecular weight is 250 g/mol. The van der Waals surface area contributed by atoms with Gasteiger partial charge in [-0.2, -0.15) is 0 Å². The van der Waals surface area contributed by atoms with E-state index in [1.807, 2.05) is 0 Å². The molecule has 2 atom stereocenters. The summed E-state index contributed by atoms with van der Waals surface area (Å²) in [7, 11) is 0. The molecule has 2 unspecified atom stereocenters. The number of nitrogens with zero attached hydrogens (tertiary/aromatic N) is 1. The first-order valence-corrected chi connectivity index (χ1v) is 7.81. The van der Waals surface area contributed by atoms with Crippen LogP contribution in [0, 0.1) is 5.92 Å². The normalized spacial score (nSPS) is 35.3. The van der Waals surface area contributed by atoms with E-state index in [4.69, 9.17) is 5.73 Å². The van der Waals surface area contributed by atoms with Gasteiger partial charge in [0.2, 0.25) is 5.91 Å². The molecule has 2 N–H and O–H groups in total. The predicted octanol–water partition coefficient (Wildman–Crippen LogP) is 2.44. The molecule has 1 aliphatic heterocycles. The summed E-state index contributed by atoms with van der Waals surface area (Å²) in [5.74, 6) is 1.05. The highest BCUT2D eigenvalue weighted by molar-refractivity contribution is 5.86. The van der Waals surface area contributed by atoms with Crippen molar-refractivity contribution in [2.75, 3.05) is 6.54 Å². The average Bonchev–Trinajstić information content (AvgIpc) is 2.82. The van der Waals surface area contributed by atoms with Crippen molar-refractivity contribution in [2.24, 2.45) is 11.7 Å². The molecule has 0 aromatic rings. The Kier molecular flexibility index (Phi) is 3.35. The van der Waals surface area contributed by atoms with Gasteiger partial charge in [-0.05, 0) is 38.0 Å². The van der Waals surface area contributed by atoms with E-state index < -0.39 is 5.54 Å². The van der Waals surface area contributed by atoms with Crippen LogP contribution in [0.15, 0.2) is 0 Å². The van der Waals surface area contributed by atoms with Gasteiger partial charge in [-0.25, -0.2) is 0 Å². The Morgan fingerprint density at radius 1 is 1.00 bits per heavy atom. The van der Waals surface area contributed by atoms with Crippen LogP contribution in [0.2, 0.25) is 0 Å². The first-order valence-electron chi connectivity index (χ1n) is 7.81. The van der Waals surface area contributed by atoms with Crippen LogP contribution < -0.4 is 5.73 Å². The molecule has 3 heteroatoms. The minimum Gasteiger partial charge on any atom is -0.338 e. The summed E-state index contributed by atoms with van der Waals surface area (Å²) < 4.78 is 0. The standard InChI is InChI=1S/C15H26N2O/c16-15(9-4-1-5-10-15)14(18)17-11-8-12-6-2-3-7-13(12)17/h12-13H,1-11,16H2. The van der Waals surface area contributed by atoms with Crippen LogP contribution in [0.4, 0.5) is 0 Å². The van der Waals surface area contributed by atoms with Gasteiger partial charge < -0.3 is 10.6 Å². The zero-order valence-electron chi connectivity index (χ0n) is 11.4. The lowest BCUT2D eigenvalue weighted by atomic mass is 9.80. The molecule has 0 aromatic heterocycles. The fourth-order valence-electron chi connectivity index (χ4n) is 4.34. The summed E-state index contributed by atoms with van der Waals surface area (Å²) in [5.41, 5.74) is 5.89. The van der Waals surface area contributed by atoms with Crippen LogP contribution in [0.3, 0.4) is 0 Å². The SMILES string of the molecule is NC1(C(=O)N2CCC3CCCCC32)CCCCC1. The number of likely N-dealkylation sites (tertiary alicyclic amines) is 1. The van der Waals surface area contributed by atoms with Crippen LogP contribution in [0.1, 0.15) is 64.2 Å². The molecular formula is C15H26N2O. The van der Waals surface area contributed by atoms with Crippen LogP contribution in [-0.4, -0.2) is 28.9 Å². The molecule has 1 heterocycles. The van der Waals surface area contributed by atoms with Crippen molar-refractivity contribution in [1.29, 1.82) is 0 Å². The second-order valence-electron chi connectivity index (χ2n) is 6.62. The van der Waals surface area contributed by atoms with Crippen molar-refractivity contribution < 1.29 is 4.79 Å².